The van der Waals surface area contributed by atoms with Crippen LogP contribution in [0.1, 0.15) is 33.3 Å². The summed E-state index contributed by atoms with van der Waals surface area (Å²) in [4.78, 5) is 0. The van der Waals surface area contributed by atoms with E-state index in [2.05, 4.69) is 17.4 Å². The highest BCUT2D eigenvalue weighted by atomic mass is 16.3. The van der Waals surface area contributed by atoms with Gasteiger partial charge in [0.15, 0.2) is 0 Å². The zero-order chi connectivity index (χ0) is 12.8. The van der Waals surface area contributed by atoms with Gasteiger partial charge in [0.2, 0.25) is 0 Å². The molecule has 0 aromatic heterocycles. The summed E-state index contributed by atoms with van der Waals surface area (Å²) < 4.78 is 0. The fourth-order valence-corrected chi connectivity index (χ4v) is 1.16. The molecule has 16 heavy (non-hydrogen) atoms. The van der Waals surface area contributed by atoms with Gasteiger partial charge in [-0.25, -0.2) is 0 Å². The SMILES string of the molecule is CC.CC.CN[C@@H](CO)Cc1ccccc1. The number of rotatable bonds is 4. The quantitative estimate of drug-likeness (QED) is 0.826. The summed E-state index contributed by atoms with van der Waals surface area (Å²) in [5.74, 6) is 0. The van der Waals surface area contributed by atoms with Gasteiger partial charge < -0.3 is 10.4 Å². The Bertz CT molecular complexity index is 207. The topological polar surface area (TPSA) is 32.3 Å². The summed E-state index contributed by atoms with van der Waals surface area (Å²) in [6, 6.07) is 10.3. The highest BCUT2D eigenvalue weighted by molar-refractivity contribution is 5.15. The average molecular weight is 225 g/mol. The van der Waals surface area contributed by atoms with Crippen molar-refractivity contribution in [1.29, 1.82) is 0 Å². The molecule has 0 amide bonds. The monoisotopic (exact) mass is 225 g/mol. The van der Waals surface area contributed by atoms with E-state index in [1.807, 2.05) is 52.9 Å². The molecular weight excluding hydrogens is 198 g/mol. The third-order valence-electron chi connectivity index (χ3n) is 1.95. The van der Waals surface area contributed by atoms with Crippen molar-refractivity contribution in [3.8, 4) is 0 Å². The molecule has 0 aliphatic carbocycles. The van der Waals surface area contributed by atoms with Gasteiger partial charge in [-0.15, -0.1) is 0 Å². The van der Waals surface area contributed by atoms with Crippen LogP contribution in [-0.4, -0.2) is 24.8 Å². The Balaban J connectivity index is 0. The number of benzene rings is 1. The van der Waals surface area contributed by atoms with Crippen LogP contribution in [0.3, 0.4) is 0 Å². The van der Waals surface area contributed by atoms with E-state index in [-0.39, 0.29) is 12.6 Å². The normalized spacial score (nSPS) is 10.4. The minimum Gasteiger partial charge on any atom is -0.395 e. The van der Waals surface area contributed by atoms with Gasteiger partial charge in [-0.05, 0) is 19.0 Å². The first-order valence-corrected chi connectivity index (χ1v) is 6.19. The van der Waals surface area contributed by atoms with Gasteiger partial charge in [-0.3, -0.25) is 0 Å². The van der Waals surface area contributed by atoms with Crippen molar-refractivity contribution in [3.63, 3.8) is 0 Å². The van der Waals surface area contributed by atoms with Crippen LogP contribution in [0.15, 0.2) is 30.3 Å². The molecule has 0 saturated carbocycles. The first-order valence-electron chi connectivity index (χ1n) is 6.19. The summed E-state index contributed by atoms with van der Waals surface area (Å²) in [6.07, 6.45) is 0.883. The fraction of sp³-hybridized carbons (Fsp3) is 0.571. The van der Waals surface area contributed by atoms with Gasteiger partial charge in [-0.1, -0.05) is 58.0 Å². The third-order valence-corrected chi connectivity index (χ3v) is 1.95. The average Bonchev–Trinajstić information content (AvgIpc) is 2.42. The molecule has 1 rings (SSSR count). The molecule has 0 spiro atoms. The van der Waals surface area contributed by atoms with Crippen LogP contribution in [0.25, 0.3) is 0 Å². The van der Waals surface area contributed by atoms with E-state index in [0.717, 1.165) is 6.42 Å². The van der Waals surface area contributed by atoms with E-state index in [0.29, 0.717) is 0 Å². The molecule has 0 aliphatic heterocycles. The van der Waals surface area contributed by atoms with Crippen molar-refractivity contribution in [2.75, 3.05) is 13.7 Å². The number of likely N-dealkylation sites (N-methyl/N-ethyl adjacent to an activating group) is 1. The van der Waals surface area contributed by atoms with E-state index >= 15 is 0 Å². The van der Waals surface area contributed by atoms with Gasteiger partial charge in [0.25, 0.3) is 0 Å². The lowest BCUT2D eigenvalue weighted by atomic mass is 10.1. The van der Waals surface area contributed by atoms with E-state index in [4.69, 9.17) is 5.11 Å². The highest BCUT2D eigenvalue weighted by Gasteiger charge is 2.03. The Hall–Kier alpha value is -0.860. The van der Waals surface area contributed by atoms with Crippen molar-refractivity contribution >= 4 is 0 Å². The van der Waals surface area contributed by atoms with Gasteiger partial charge in [0, 0.05) is 6.04 Å². The molecule has 0 bridgehead atoms. The fourth-order valence-electron chi connectivity index (χ4n) is 1.16. The molecule has 2 N–H and O–H groups in total. The molecule has 0 saturated heterocycles. The Morgan fingerprint density at radius 2 is 1.56 bits per heavy atom. The maximum Gasteiger partial charge on any atom is 0.0587 e. The van der Waals surface area contributed by atoms with Crippen molar-refractivity contribution < 1.29 is 5.11 Å². The summed E-state index contributed by atoms with van der Waals surface area (Å²) >= 11 is 0. The number of hydrogen-bond donors (Lipinski definition) is 2. The highest BCUT2D eigenvalue weighted by Crippen LogP contribution is 2.01. The van der Waals surface area contributed by atoms with Crippen LogP contribution in [-0.2, 0) is 6.42 Å². The van der Waals surface area contributed by atoms with E-state index in [1.165, 1.54) is 5.56 Å². The lowest BCUT2D eigenvalue weighted by molar-refractivity contribution is 0.248. The molecule has 1 aromatic carbocycles. The molecule has 0 heterocycles. The van der Waals surface area contributed by atoms with Crippen LogP contribution < -0.4 is 5.32 Å². The summed E-state index contributed by atoms with van der Waals surface area (Å²) in [7, 11) is 1.86. The third kappa shape index (κ3) is 8.45. The molecule has 0 fully saturated rings. The molecule has 1 atom stereocenters. The molecule has 2 nitrogen and oxygen atoms in total. The van der Waals surface area contributed by atoms with Crippen molar-refractivity contribution in [1.82, 2.24) is 5.32 Å². The van der Waals surface area contributed by atoms with Gasteiger partial charge in [-0.2, -0.15) is 0 Å². The first-order chi connectivity index (χ1) is 7.86. The van der Waals surface area contributed by atoms with Crippen LogP contribution >= 0.6 is 0 Å². The molecule has 0 unspecified atom stereocenters. The van der Waals surface area contributed by atoms with Crippen molar-refractivity contribution in [3.05, 3.63) is 35.9 Å². The number of nitrogens with one attached hydrogen (secondary N) is 1. The maximum absolute atomic E-state index is 8.92. The Labute approximate surface area is 101 Å². The van der Waals surface area contributed by atoms with Gasteiger partial charge in [0.05, 0.1) is 6.61 Å². The van der Waals surface area contributed by atoms with Gasteiger partial charge >= 0.3 is 0 Å². The predicted molar refractivity (Wildman–Crippen MR) is 72.8 cm³/mol. The molecule has 0 radical (unpaired) electrons. The molecular formula is C14H27NO. The van der Waals surface area contributed by atoms with Gasteiger partial charge in [0.1, 0.15) is 0 Å². The number of aliphatic hydroxyl groups is 1. The lowest BCUT2D eigenvalue weighted by Gasteiger charge is -2.12. The zero-order valence-corrected chi connectivity index (χ0v) is 11.3. The smallest absolute Gasteiger partial charge is 0.0587 e. The second-order valence-corrected chi connectivity index (χ2v) is 2.86. The minimum absolute atomic E-state index is 0.174. The van der Waals surface area contributed by atoms with Crippen molar-refractivity contribution in [2.45, 2.75) is 40.2 Å². The van der Waals surface area contributed by atoms with E-state index in [1.54, 1.807) is 0 Å². The minimum atomic E-state index is 0.174. The summed E-state index contributed by atoms with van der Waals surface area (Å²) in [5, 5.41) is 12.0. The second-order valence-electron chi connectivity index (χ2n) is 2.86. The van der Waals surface area contributed by atoms with Crippen molar-refractivity contribution in [2.24, 2.45) is 0 Å². The lowest BCUT2D eigenvalue weighted by Crippen LogP contribution is -2.31. The molecule has 94 valence electrons. The Morgan fingerprint density at radius 3 is 1.94 bits per heavy atom. The molecule has 1 aromatic rings. The second kappa shape index (κ2) is 14.1. The standard InChI is InChI=1S/C10H15NO.2C2H6/c1-11-10(8-12)7-9-5-3-2-4-6-9;2*1-2/h2-6,10-12H,7-8H2,1H3;2*1-2H3/t10-;;/m1../s1. The molecule has 2 heteroatoms. The largest absolute Gasteiger partial charge is 0.395 e. The van der Waals surface area contributed by atoms with E-state index < -0.39 is 0 Å². The first kappa shape index (κ1) is 17.5. The van der Waals surface area contributed by atoms with E-state index in [9.17, 15) is 0 Å². The van der Waals surface area contributed by atoms with Crippen LogP contribution in [0.4, 0.5) is 0 Å². The predicted octanol–water partition coefficient (Wildman–Crippen LogP) is 2.86. The van der Waals surface area contributed by atoms with Crippen LogP contribution in [0, 0.1) is 0 Å². The summed E-state index contributed by atoms with van der Waals surface area (Å²) in [5.41, 5.74) is 1.26. The van der Waals surface area contributed by atoms with Crippen LogP contribution in [0.5, 0.6) is 0 Å². The Kier molecular flexibility index (Phi) is 15.5. The zero-order valence-electron chi connectivity index (χ0n) is 11.3. The number of aliphatic hydroxyl groups excluding tert-OH is 1. The Morgan fingerprint density at radius 1 is 1.06 bits per heavy atom. The number of hydrogen-bond acceptors (Lipinski definition) is 2. The maximum atomic E-state index is 8.92. The molecule has 0 aliphatic rings. The summed E-state index contributed by atoms with van der Waals surface area (Å²) in [6.45, 7) is 8.19. The van der Waals surface area contributed by atoms with Crippen LogP contribution in [0.2, 0.25) is 0 Å².